The van der Waals surface area contributed by atoms with E-state index in [1.54, 1.807) is 0 Å². The molecule has 0 fully saturated rings. The summed E-state index contributed by atoms with van der Waals surface area (Å²) in [5, 5.41) is 0. The molecule has 3 heteroatoms. The molecule has 0 N–H and O–H groups in total. The molecule has 0 saturated carbocycles. The number of hydrogen-bond acceptors (Lipinski definition) is 3. The summed E-state index contributed by atoms with van der Waals surface area (Å²) >= 11 is 0. The molecule has 0 aliphatic rings. The second-order valence-electron chi connectivity index (χ2n) is 3.98. The van der Waals surface area contributed by atoms with Crippen LogP contribution in [0.5, 0.6) is 0 Å². The second kappa shape index (κ2) is 9.13. The summed E-state index contributed by atoms with van der Waals surface area (Å²) in [5.74, 6) is 0. The molecule has 3 atom stereocenters. The summed E-state index contributed by atoms with van der Waals surface area (Å²) < 4.78 is 16.4. The van der Waals surface area contributed by atoms with Crippen LogP contribution in [-0.2, 0) is 14.2 Å². The van der Waals surface area contributed by atoms with E-state index in [9.17, 15) is 0 Å². The fourth-order valence-electron chi connectivity index (χ4n) is 1.18. The van der Waals surface area contributed by atoms with Crippen LogP contribution in [0.3, 0.4) is 0 Å². The lowest BCUT2D eigenvalue weighted by atomic mass is 10.4. The predicted molar refractivity (Wildman–Crippen MR) is 61.9 cm³/mol. The van der Waals surface area contributed by atoms with Crippen molar-refractivity contribution in [3.05, 3.63) is 6.92 Å². The van der Waals surface area contributed by atoms with Gasteiger partial charge in [-0.3, -0.25) is 0 Å². The largest absolute Gasteiger partial charge is 0.379 e. The molecule has 0 aliphatic carbocycles. The normalized spacial score (nSPS) is 15.6. The Bertz CT molecular complexity index is 137. The van der Waals surface area contributed by atoms with Crippen molar-refractivity contribution in [3.63, 3.8) is 0 Å². The van der Waals surface area contributed by atoms with Gasteiger partial charge in [0, 0.05) is 6.61 Å². The predicted octanol–water partition coefficient (Wildman–Crippen LogP) is 2.45. The third-order valence-electron chi connectivity index (χ3n) is 1.78. The SMILES string of the molecule is [CH2]C(C)OC(C)COC(C)COCCC. The zero-order chi connectivity index (χ0) is 11.7. The molecule has 0 aliphatic heterocycles. The number of ether oxygens (including phenoxy) is 3. The Hall–Kier alpha value is -0.120. The van der Waals surface area contributed by atoms with Gasteiger partial charge in [-0.05, 0) is 34.1 Å². The van der Waals surface area contributed by atoms with E-state index in [1.807, 2.05) is 20.8 Å². The van der Waals surface area contributed by atoms with E-state index in [0.717, 1.165) is 13.0 Å². The zero-order valence-corrected chi connectivity index (χ0v) is 10.5. The molecule has 0 spiro atoms. The molecule has 0 rings (SSSR count). The standard InChI is InChI=1S/C12H25O3/c1-6-7-13-8-11(4)14-9-12(5)15-10(2)3/h10-12H,2,6-9H2,1,3-5H3. The van der Waals surface area contributed by atoms with Crippen molar-refractivity contribution in [1.82, 2.24) is 0 Å². The average Bonchev–Trinajstić information content (AvgIpc) is 2.14. The minimum absolute atomic E-state index is 0.00949. The van der Waals surface area contributed by atoms with Gasteiger partial charge in [0.1, 0.15) is 0 Å². The van der Waals surface area contributed by atoms with E-state index < -0.39 is 0 Å². The topological polar surface area (TPSA) is 27.7 Å². The van der Waals surface area contributed by atoms with Gasteiger partial charge in [0.05, 0.1) is 31.5 Å². The third-order valence-corrected chi connectivity index (χ3v) is 1.78. The van der Waals surface area contributed by atoms with Crippen LogP contribution in [0.1, 0.15) is 34.1 Å². The number of rotatable bonds is 9. The highest BCUT2D eigenvalue weighted by Crippen LogP contribution is 2.00. The Kier molecular flexibility index (Phi) is 9.06. The van der Waals surface area contributed by atoms with Gasteiger partial charge in [0.25, 0.3) is 0 Å². The van der Waals surface area contributed by atoms with E-state index in [2.05, 4.69) is 13.8 Å². The Labute approximate surface area is 94.1 Å². The Morgan fingerprint density at radius 2 is 1.73 bits per heavy atom. The summed E-state index contributed by atoms with van der Waals surface area (Å²) in [4.78, 5) is 0. The molecule has 1 radical (unpaired) electrons. The second-order valence-corrected chi connectivity index (χ2v) is 3.98. The molecule has 3 nitrogen and oxygen atoms in total. The third kappa shape index (κ3) is 10.2. The summed E-state index contributed by atoms with van der Waals surface area (Å²) in [6.45, 7) is 13.8. The molecular formula is C12H25O3. The van der Waals surface area contributed by atoms with Crippen molar-refractivity contribution < 1.29 is 14.2 Å². The van der Waals surface area contributed by atoms with Gasteiger partial charge in [-0.2, -0.15) is 0 Å². The van der Waals surface area contributed by atoms with Gasteiger partial charge in [-0.1, -0.05) is 6.92 Å². The molecule has 3 unspecified atom stereocenters. The van der Waals surface area contributed by atoms with Crippen LogP contribution < -0.4 is 0 Å². The molecule has 0 heterocycles. The van der Waals surface area contributed by atoms with Gasteiger partial charge in [-0.15, -0.1) is 0 Å². The molecule has 0 aromatic heterocycles. The first-order valence-corrected chi connectivity index (χ1v) is 5.74. The molecule has 0 saturated heterocycles. The lowest BCUT2D eigenvalue weighted by molar-refractivity contribution is -0.0667. The van der Waals surface area contributed by atoms with E-state index in [0.29, 0.717) is 13.2 Å². The summed E-state index contributed by atoms with van der Waals surface area (Å²) in [6, 6.07) is 0. The minimum Gasteiger partial charge on any atom is -0.379 e. The maximum absolute atomic E-state index is 5.57. The molecular weight excluding hydrogens is 192 g/mol. The first-order valence-electron chi connectivity index (χ1n) is 5.74. The maximum Gasteiger partial charge on any atom is 0.0784 e. The van der Waals surface area contributed by atoms with Gasteiger partial charge in [0.15, 0.2) is 0 Å². The fraction of sp³-hybridized carbons (Fsp3) is 0.917. The summed E-state index contributed by atoms with van der Waals surface area (Å²) in [5.41, 5.74) is 0. The van der Waals surface area contributed by atoms with Gasteiger partial charge >= 0.3 is 0 Å². The van der Waals surface area contributed by atoms with E-state index in [4.69, 9.17) is 14.2 Å². The molecule has 0 bridgehead atoms. The molecule has 0 aromatic carbocycles. The highest BCUT2D eigenvalue weighted by Gasteiger charge is 2.08. The number of hydrogen-bond donors (Lipinski definition) is 0. The monoisotopic (exact) mass is 217 g/mol. The molecule has 0 aromatic rings. The van der Waals surface area contributed by atoms with E-state index >= 15 is 0 Å². The molecule has 0 amide bonds. The lowest BCUT2D eigenvalue weighted by Gasteiger charge is -2.19. The van der Waals surface area contributed by atoms with Crippen molar-refractivity contribution in [3.8, 4) is 0 Å². The molecule has 15 heavy (non-hydrogen) atoms. The average molecular weight is 217 g/mol. The van der Waals surface area contributed by atoms with E-state index in [1.165, 1.54) is 0 Å². The Morgan fingerprint density at radius 3 is 2.27 bits per heavy atom. The van der Waals surface area contributed by atoms with Crippen LogP contribution in [0, 0.1) is 6.92 Å². The highest BCUT2D eigenvalue weighted by atomic mass is 16.6. The van der Waals surface area contributed by atoms with Crippen LogP contribution in [0.25, 0.3) is 0 Å². The maximum atomic E-state index is 5.57. The fourth-order valence-corrected chi connectivity index (χ4v) is 1.18. The summed E-state index contributed by atoms with van der Waals surface area (Å²) in [6.07, 6.45) is 1.27. The van der Waals surface area contributed by atoms with Crippen LogP contribution in [0.2, 0.25) is 0 Å². The van der Waals surface area contributed by atoms with E-state index in [-0.39, 0.29) is 18.3 Å². The lowest BCUT2D eigenvalue weighted by Crippen LogP contribution is -2.25. The van der Waals surface area contributed by atoms with Crippen LogP contribution in [0.4, 0.5) is 0 Å². The van der Waals surface area contributed by atoms with Crippen molar-refractivity contribution in [1.29, 1.82) is 0 Å². The Morgan fingerprint density at radius 1 is 1.07 bits per heavy atom. The smallest absolute Gasteiger partial charge is 0.0784 e. The van der Waals surface area contributed by atoms with Crippen molar-refractivity contribution in [2.45, 2.75) is 52.4 Å². The van der Waals surface area contributed by atoms with Gasteiger partial charge < -0.3 is 14.2 Å². The quantitative estimate of drug-likeness (QED) is 0.555. The van der Waals surface area contributed by atoms with Crippen LogP contribution in [-0.4, -0.2) is 38.1 Å². The molecule has 91 valence electrons. The first kappa shape index (κ1) is 14.9. The summed E-state index contributed by atoms with van der Waals surface area (Å²) in [7, 11) is 0. The van der Waals surface area contributed by atoms with Gasteiger partial charge in [0.2, 0.25) is 0 Å². The first-order chi connectivity index (χ1) is 7.06. The van der Waals surface area contributed by atoms with Crippen LogP contribution in [0.15, 0.2) is 0 Å². The van der Waals surface area contributed by atoms with Crippen molar-refractivity contribution >= 4 is 0 Å². The minimum atomic E-state index is 0.00949. The highest BCUT2D eigenvalue weighted by molar-refractivity contribution is 4.57. The van der Waals surface area contributed by atoms with Crippen LogP contribution >= 0.6 is 0 Å². The van der Waals surface area contributed by atoms with Crippen molar-refractivity contribution in [2.24, 2.45) is 0 Å². The Balaban J connectivity index is 3.39. The zero-order valence-electron chi connectivity index (χ0n) is 10.5. The van der Waals surface area contributed by atoms with Crippen molar-refractivity contribution in [2.75, 3.05) is 19.8 Å². The van der Waals surface area contributed by atoms with Gasteiger partial charge in [-0.25, -0.2) is 0 Å².